The van der Waals surface area contributed by atoms with Crippen LogP contribution in [0.4, 0.5) is 0 Å². The third-order valence-electron chi connectivity index (χ3n) is 3.23. The van der Waals surface area contributed by atoms with Crippen LogP contribution in [0.1, 0.15) is 33.4 Å². The molecule has 0 aliphatic heterocycles. The van der Waals surface area contributed by atoms with E-state index in [1.165, 1.54) is 10.9 Å². The molecule has 0 atom stereocenters. The zero-order valence-electron chi connectivity index (χ0n) is 16.8. The van der Waals surface area contributed by atoms with E-state index in [-0.39, 0.29) is 0 Å². The Balaban J connectivity index is 0.000000387. The molecule has 0 amide bonds. The summed E-state index contributed by atoms with van der Waals surface area (Å²) in [7, 11) is 5.21. The van der Waals surface area contributed by atoms with Crippen LogP contribution in [0.2, 0.25) is 0 Å². The number of para-hydroxylation sites is 3. The van der Waals surface area contributed by atoms with Gasteiger partial charge < -0.3 is 9.47 Å². The molecule has 0 spiro atoms. The monoisotopic (exact) mass is 344 g/mol. The van der Waals surface area contributed by atoms with E-state index in [4.69, 9.17) is 9.47 Å². The van der Waals surface area contributed by atoms with Crippen LogP contribution in [0, 0.1) is 6.92 Å². The molecule has 0 saturated heterocycles. The van der Waals surface area contributed by atoms with Crippen molar-refractivity contribution in [1.29, 1.82) is 0 Å². The molecule has 3 rings (SSSR count). The summed E-state index contributed by atoms with van der Waals surface area (Å²) >= 11 is 0. The van der Waals surface area contributed by atoms with Crippen molar-refractivity contribution < 1.29 is 9.47 Å². The summed E-state index contributed by atoms with van der Waals surface area (Å²) in [6.07, 6.45) is 0. The second-order valence-electron chi connectivity index (χ2n) is 4.58. The molecule has 4 nitrogen and oxygen atoms in total. The predicted octanol–water partition coefficient (Wildman–Crippen LogP) is 5.64. The van der Waals surface area contributed by atoms with Gasteiger partial charge in [0.05, 0.1) is 25.4 Å². The Labute approximate surface area is 152 Å². The van der Waals surface area contributed by atoms with Gasteiger partial charge in [-0.3, -0.25) is 4.68 Å². The van der Waals surface area contributed by atoms with E-state index in [1.54, 1.807) is 14.2 Å². The lowest BCUT2D eigenvalue weighted by Gasteiger charge is -2.04. The minimum absolute atomic E-state index is 0.769. The lowest BCUT2D eigenvalue weighted by atomic mass is 10.2. The van der Waals surface area contributed by atoms with Crippen LogP contribution < -0.4 is 9.47 Å². The summed E-state index contributed by atoms with van der Waals surface area (Å²) in [4.78, 5) is 0. The van der Waals surface area contributed by atoms with Crippen LogP contribution in [-0.2, 0) is 7.05 Å². The van der Waals surface area contributed by atoms with E-state index in [2.05, 4.69) is 17.2 Å². The second kappa shape index (κ2) is 12.9. The van der Waals surface area contributed by atoms with Crippen LogP contribution >= 0.6 is 0 Å². The summed E-state index contributed by atoms with van der Waals surface area (Å²) < 4.78 is 11.9. The molecule has 4 heteroatoms. The highest BCUT2D eigenvalue weighted by Crippen LogP contribution is 2.24. The van der Waals surface area contributed by atoms with Crippen molar-refractivity contribution in [2.75, 3.05) is 14.2 Å². The highest BCUT2D eigenvalue weighted by Gasteiger charge is 2.01. The maximum absolute atomic E-state index is 5.01. The Morgan fingerprint density at radius 2 is 1.20 bits per heavy atom. The summed E-state index contributed by atoms with van der Waals surface area (Å²) in [5.41, 5.74) is 2.30. The molecule has 25 heavy (non-hydrogen) atoms. The van der Waals surface area contributed by atoms with E-state index in [9.17, 15) is 0 Å². The number of benzene rings is 2. The fourth-order valence-electron chi connectivity index (χ4n) is 2.18. The minimum Gasteiger partial charge on any atom is -0.493 e. The van der Waals surface area contributed by atoms with E-state index in [0.717, 1.165) is 17.2 Å². The molecule has 0 unspecified atom stereocenters. The average molecular weight is 344 g/mol. The van der Waals surface area contributed by atoms with Gasteiger partial charge in [0.2, 0.25) is 0 Å². The van der Waals surface area contributed by atoms with Gasteiger partial charge in [-0.15, -0.1) is 0 Å². The lowest BCUT2D eigenvalue weighted by Crippen LogP contribution is -1.88. The van der Waals surface area contributed by atoms with Crippen LogP contribution in [0.25, 0.3) is 10.9 Å². The predicted molar refractivity (Wildman–Crippen MR) is 108 cm³/mol. The number of rotatable bonds is 2. The van der Waals surface area contributed by atoms with Crippen molar-refractivity contribution in [3.05, 3.63) is 54.2 Å². The van der Waals surface area contributed by atoms with E-state index in [1.807, 2.05) is 82.7 Å². The van der Waals surface area contributed by atoms with Gasteiger partial charge in [-0.05, 0) is 25.1 Å². The van der Waals surface area contributed by atoms with Crippen LogP contribution in [0.15, 0.2) is 48.5 Å². The van der Waals surface area contributed by atoms with E-state index < -0.39 is 0 Å². The van der Waals surface area contributed by atoms with Gasteiger partial charge in [0.15, 0.2) is 11.5 Å². The number of aromatic nitrogens is 2. The van der Waals surface area contributed by atoms with Gasteiger partial charge in [0.1, 0.15) is 0 Å². The van der Waals surface area contributed by atoms with Gasteiger partial charge in [-0.25, -0.2) is 0 Å². The molecule has 1 aromatic heterocycles. The van der Waals surface area contributed by atoms with Crippen molar-refractivity contribution in [2.24, 2.45) is 7.05 Å². The maximum atomic E-state index is 5.01. The van der Waals surface area contributed by atoms with Gasteiger partial charge in [0.25, 0.3) is 0 Å². The van der Waals surface area contributed by atoms with E-state index >= 15 is 0 Å². The third-order valence-corrected chi connectivity index (χ3v) is 3.23. The number of aryl methyl sites for hydroxylation is 2. The highest BCUT2D eigenvalue weighted by atomic mass is 16.5. The third kappa shape index (κ3) is 6.49. The average Bonchev–Trinajstić information content (AvgIpc) is 2.99. The highest BCUT2D eigenvalue weighted by molar-refractivity contribution is 5.81. The smallest absolute Gasteiger partial charge is 0.160 e. The molecule has 138 valence electrons. The van der Waals surface area contributed by atoms with Gasteiger partial charge >= 0.3 is 0 Å². The molecule has 0 fully saturated rings. The van der Waals surface area contributed by atoms with E-state index in [0.29, 0.717) is 0 Å². The lowest BCUT2D eigenvalue weighted by molar-refractivity contribution is 0.355. The second-order valence-corrected chi connectivity index (χ2v) is 4.58. The van der Waals surface area contributed by atoms with Crippen LogP contribution in [-0.4, -0.2) is 24.0 Å². The van der Waals surface area contributed by atoms with Crippen molar-refractivity contribution in [3.63, 3.8) is 0 Å². The fraction of sp³-hybridized carbons (Fsp3) is 0.381. The molecular formula is C21H32N2O2. The Morgan fingerprint density at radius 1 is 0.760 bits per heavy atom. The summed E-state index contributed by atoms with van der Waals surface area (Å²) in [6, 6.07) is 15.8. The number of ether oxygens (including phenoxy) is 2. The maximum Gasteiger partial charge on any atom is 0.160 e. The minimum atomic E-state index is 0.769. The number of methoxy groups -OCH3 is 2. The number of fused-ring (bicyclic) bond motifs is 1. The first-order chi connectivity index (χ1) is 12.2. The number of hydrogen-bond donors (Lipinski definition) is 0. The van der Waals surface area contributed by atoms with Crippen molar-refractivity contribution in [3.8, 4) is 11.5 Å². The first-order valence-corrected chi connectivity index (χ1v) is 8.72. The van der Waals surface area contributed by atoms with Crippen molar-refractivity contribution in [1.82, 2.24) is 9.78 Å². The fourth-order valence-corrected chi connectivity index (χ4v) is 2.18. The van der Waals surface area contributed by atoms with Crippen molar-refractivity contribution >= 4 is 10.9 Å². The summed E-state index contributed by atoms with van der Waals surface area (Å²) in [5, 5.41) is 5.55. The molecule has 0 radical (unpaired) electrons. The molecule has 0 bridgehead atoms. The van der Waals surface area contributed by atoms with Gasteiger partial charge in [-0.2, -0.15) is 5.10 Å². The zero-order chi connectivity index (χ0) is 19.2. The first-order valence-electron chi connectivity index (χ1n) is 8.72. The Kier molecular flexibility index (Phi) is 11.6. The van der Waals surface area contributed by atoms with Crippen LogP contribution in [0.3, 0.4) is 0 Å². The molecule has 0 aliphatic carbocycles. The summed E-state index contributed by atoms with van der Waals surface area (Å²) in [6.45, 7) is 10.0. The van der Waals surface area contributed by atoms with Crippen LogP contribution in [0.5, 0.6) is 11.5 Å². The Morgan fingerprint density at radius 3 is 1.64 bits per heavy atom. The molecule has 2 aromatic carbocycles. The molecule has 3 aromatic rings. The molecule has 1 heterocycles. The number of hydrogen-bond acceptors (Lipinski definition) is 3. The number of nitrogens with zero attached hydrogens (tertiary/aromatic N) is 2. The molecular weight excluding hydrogens is 312 g/mol. The molecule has 0 N–H and O–H groups in total. The van der Waals surface area contributed by atoms with Gasteiger partial charge in [0, 0.05) is 12.4 Å². The van der Waals surface area contributed by atoms with Gasteiger partial charge in [-0.1, -0.05) is 58.0 Å². The molecule has 0 aliphatic rings. The Hall–Kier alpha value is -2.49. The largest absolute Gasteiger partial charge is 0.493 e. The molecule has 0 saturated carbocycles. The first kappa shape index (κ1) is 22.5. The zero-order valence-corrected chi connectivity index (χ0v) is 16.8. The van der Waals surface area contributed by atoms with Crippen molar-refractivity contribution in [2.45, 2.75) is 34.6 Å². The standard InChI is InChI=1S/C9H10N2.C8H10O2.2C2H6/c1-7-8-5-3-4-6-9(8)11(2)10-7;1-9-7-5-3-4-6-8(7)10-2;2*1-2/h3-6H,1-2H3;3-6H,1-2H3;2*1-2H3. The SMILES string of the molecule is CC.CC.COc1ccccc1OC.Cc1nn(C)c2ccccc12. The Bertz CT molecular complexity index is 662. The normalized spacial score (nSPS) is 8.80. The summed E-state index contributed by atoms with van der Waals surface area (Å²) in [5.74, 6) is 1.54. The topological polar surface area (TPSA) is 36.3 Å². The quantitative estimate of drug-likeness (QED) is 0.604.